The van der Waals surface area contributed by atoms with Gasteiger partial charge in [-0.1, -0.05) is 40.2 Å². The Balaban J connectivity index is 1.66. The quantitative estimate of drug-likeness (QED) is 0.273. The summed E-state index contributed by atoms with van der Waals surface area (Å²) in [4.78, 5) is 5.20. The van der Waals surface area contributed by atoms with Gasteiger partial charge in [-0.2, -0.15) is 0 Å². The van der Waals surface area contributed by atoms with Crippen molar-refractivity contribution in [1.82, 2.24) is 9.71 Å². The predicted octanol–water partition coefficient (Wildman–Crippen LogP) is 6.26. The van der Waals surface area contributed by atoms with E-state index < -0.39 is 32.7 Å². The van der Waals surface area contributed by atoms with Crippen LogP contribution in [0, 0.1) is 5.82 Å². The lowest BCUT2D eigenvalue weighted by molar-refractivity contribution is 0.0785. The van der Waals surface area contributed by atoms with Crippen LogP contribution in [0.4, 0.5) is 4.39 Å². The third kappa shape index (κ3) is 4.93. The molecule has 35 heavy (non-hydrogen) atoms. The molecule has 4 aromatic rings. The molecule has 182 valence electrons. The second-order valence-electron chi connectivity index (χ2n) is 9.29. The van der Waals surface area contributed by atoms with Gasteiger partial charge in [0.2, 0.25) is 10.0 Å². The van der Waals surface area contributed by atoms with Gasteiger partial charge in [0, 0.05) is 31.4 Å². The summed E-state index contributed by atoms with van der Waals surface area (Å²) in [6, 6.07) is 15.1. The van der Waals surface area contributed by atoms with Crippen molar-refractivity contribution in [3.63, 3.8) is 0 Å². The number of pyridine rings is 1. The summed E-state index contributed by atoms with van der Waals surface area (Å²) in [6.07, 6.45) is 2.89. The van der Waals surface area contributed by atoms with Crippen molar-refractivity contribution < 1.29 is 17.9 Å². The van der Waals surface area contributed by atoms with Crippen LogP contribution in [0.15, 0.2) is 65.3 Å². The zero-order chi connectivity index (χ0) is 25.0. The van der Waals surface area contributed by atoms with Crippen LogP contribution in [-0.2, 0) is 15.6 Å². The molecule has 2 N–H and O–H groups in total. The predicted molar refractivity (Wildman–Crippen MR) is 141 cm³/mol. The van der Waals surface area contributed by atoms with Crippen molar-refractivity contribution in [1.29, 1.82) is 0 Å². The SMILES string of the molecule is CC(C)(O)c1ccnc(-c2cccc3cc(C(NS(=O)(=O)C4CC4)c4c(F)cccc4Br)sc23)c1. The smallest absolute Gasteiger partial charge is 0.215 e. The molecule has 1 fully saturated rings. The second-order valence-corrected chi connectivity index (χ2v) is 13.2. The molecule has 0 amide bonds. The molecule has 0 aliphatic heterocycles. The summed E-state index contributed by atoms with van der Waals surface area (Å²) in [5.41, 5.74) is 1.54. The maximum atomic E-state index is 15.0. The highest BCUT2D eigenvalue weighted by atomic mass is 79.9. The maximum absolute atomic E-state index is 15.0. The lowest BCUT2D eigenvalue weighted by Gasteiger charge is -2.20. The van der Waals surface area contributed by atoms with Crippen LogP contribution in [0.2, 0.25) is 0 Å². The number of halogens is 2. The van der Waals surface area contributed by atoms with Gasteiger partial charge < -0.3 is 5.11 Å². The minimum atomic E-state index is -3.61. The summed E-state index contributed by atoms with van der Waals surface area (Å²) in [7, 11) is -3.61. The zero-order valence-corrected chi connectivity index (χ0v) is 22.3. The Hall–Kier alpha value is -2.17. The van der Waals surface area contributed by atoms with E-state index in [1.54, 1.807) is 38.2 Å². The van der Waals surface area contributed by atoms with E-state index in [1.165, 1.54) is 17.4 Å². The van der Waals surface area contributed by atoms with E-state index in [4.69, 9.17) is 0 Å². The van der Waals surface area contributed by atoms with Crippen LogP contribution in [-0.4, -0.2) is 23.8 Å². The van der Waals surface area contributed by atoms with Gasteiger partial charge in [-0.05, 0) is 68.0 Å². The Labute approximate surface area is 216 Å². The average molecular weight is 576 g/mol. The summed E-state index contributed by atoms with van der Waals surface area (Å²) in [5.74, 6) is -0.486. The zero-order valence-electron chi connectivity index (χ0n) is 19.1. The molecule has 1 aliphatic rings. The minimum Gasteiger partial charge on any atom is -0.386 e. The molecule has 0 bridgehead atoms. The van der Waals surface area contributed by atoms with Crippen LogP contribution in [0.3, 0.4) is 0 Å². The minimum absolute atomic E-state index is 0.256. The topological polar surface area (TPSA) is 79.3 Å². The first-order valence-electron chi connectivity index (χ1n) is 11.2. The van der Waals surface area contributed by atoms with Crippen LogP contribution in [0.1, 0.15) is 48.7 Å². The number of fused-ring (bicyclic) bond motifs is 1. The molecule has 2 aromatic carbocycles. The molecule has 0 radical (unpaired) electrons. The van der Waals surface area contributed by atoms with Gasteiger partial charge in [-0.25, -0.2) is 17.5 Å². The van der Waals surface area contributed by atoms with Gasteiger partial charge in [0.05, 0.1) is 22.6 Å². The van der Waals surface area contributed by atoms with Gasteiger partial charge in [0.25, 0.3) is 0 Å². The molecular formula is C26H24BrFN2O3S2. The number of aromatic nitrogens is 1. The van der Waals surface area contributed by atoms with Crippen molar-refractivity contribution in [3.05, 3.63) is 87.1 Å². The standard InChI is InChI=1S/C26H24BrFN2O3S2/c1-26(2,31)16-11-12-29-21(14-16)18-6-3-5-15-13-22(34-25(15)18)24(30-35(32,33)17-9-10-17)23-19(27)7-4-8-20(23)28/h3-8,11-14,17,24,30-31H,9-10H2,1-2H3. The molecule has 0 spiro atoms. The molecule has 5 rings (SSSR count). The fraction of sp³-hybridized carbons (Fsp3) is 0.269. The molecule has 2 heterocycles. The van der Waals surface area contributed by atoms with Crippen molar-refractivity contribution in [3.8, 4) is 11.3 Å². The van der Waals surface area contributed by atoms with Crippen LogP contribution >= 0.6 is 27.3 Å². The Kier molecular flexibility index (Phi) is 6.34. The normalized spacial score (nSPS) is 15.5. The van der Waals surface area contributed by atoms with Crippen LogP contribution < -0.4 is 4.72 Å². The van der Waals surface area contributed by atoms with E-state index in [0.717, 1.165) is 21.2 Å². The van der Waals surface area contributed by atoms with Gasteiger partial charge >= 0.3 is 0 Å². The Morgan fingerprint density at radius 3 is 2.60 bits per heavy atom. The first-order chi connectivity index (χ1) is 16.5. The third-order valence-corrected chi connectivity index (χ3v) is 9.98. The van der Waals surface area contributed by atoms with Crippen LogP contribution in [0.25, 0.3) is 21.3 Å². The van der Waals surface area contributed by atoms with Crippen LogP contribution in [0.5, 0.6) is 0 Å². The van der Waals surface area contributed by atoms with Gasteiger partial charge in [0.15, 0.2) is 0 Å². The first-order valence-corrected chi connectivity index (χ1v) is 14.4. The number of hydrogen-bond donors (Lipinski definition) is 2. The highest BCUT2D eigenvalue weighted by Gasteiger charge is 2.38. The van der Waals surface area contributed by atoms with E-state index in [2.05, 4.69) is 25.6 Å². The summed E-state index contributed by atoms with van der Waals surface area (Å²) in [6.45, 7) is 3.44. The molecular weight excluding hydrogens is 551 g/mol. The molecule has 9 heteroatoms. The fourth-order valence-corrected chi connectivity index (χ4v) is 7.48. The highest BCUT2D eigenvalue weighted by molar-refractivity contribution is 9.10. The fourth-order valence-electron chi connectivity index (χ4n) is 4.07. The van der Waals surface area contributed by atoms with E-state index in [0.29, 0.717) is 27.9 Å². The molecule has 5 nitrogen and oxygen atoms in total. The number of rotatable bonds is 7. The van der Waals surface area contributed by atoms with E-state index >= 15 is 4.39 Å². The third-order valence-electron chi connectivity index (χ3n) is 6.12. The van der Waals surface area contributed by atoms with Crippen molar-refractivity contribution in [2.75, 3.05) is 0 Å². The van der Waals surface area contributed by atoms with Crippen molar-refractivity contribution in [2.45, 2.75) is 43.6 Å². The lowest BCUT2D eigenvalue weighted by atomic mass is 9.97. The number of nitrogens with zero attached hydrogens (tertiary/aromatic N) is 1. The molecule has 1 atom stereocenters. The monoisotopic (exact) mass is 574 g/mol. The first kappa shape index (κ1) is 24.5. The summed E-state index contributed by atoms with van der Waals surface area (Å²) in [5, 5.41) is 10.9. The van der Waals surface area contributed by atoms with Crippen molar-refractivity contribution >= 4 is 47.4 Å². The summed E-state index contributed by atoms with van der Waals surface area (Å²) >= 11 is 4.83. The molecule has 2 aromatic heterocycles. The second kappa shape index (κ2) is 9.05. The molecule has 1 aliphatic carbocycles. The van der Waals surface area contributed by atoms with Crippen molar-refractivity contribution in [2.24, 2.45) is 0 Å². The van der Waals surface area contributed by atoms with E-state index in [1.807, 2.05) is 30.3 Å². The number of hydrogen-bond acceptors (Lipinski definition) is 5. The molecule has 1 saturated carbocycles. The Morgan fingerprint density at radius 1 is 1.17 bits per heavy atom. The number of benzene rings is 2. The van der Waals surface area contributed by atoms with E-state index in [-0.39, 0.29) is 5.56 Å². The molecule has 1 unspecified atom stereocenters. The average Bonchev–Trinajstić information content (AvgIpc) is 3.57. The number of nitrogens with one attached hydrogen (secondary N) is 1. The van der Waals surface area contributed by atoms with Gasteiger partial charge in [-0.15, -0.1) is 11.3 Å². The maximum Gasteiger partial charge on any atom is 0.215 e. The summed E-state index contributed by atoms with van der Waals surface area (Å²) < 4.78 is 45.1. The number of aliphatic hydroxyl groups is 1. The van der Waals surface area contributed by atoms with E-state index in [9.17, 15) is 13.5 Å². The Morgan fingerprint density at radius 2 is 1.91 bits per heavy atom. The largest absolute Gasteiger partial charge is 0.386 e. The lowest BCUT2D eigenvalue weighted by Crippen LogP contribution is -2.32. The molecule has 0 saturated heterocycles. The van der Waals surface area contributed by atoms with Gasteiger partial charge in [-0.3, -0.25) is 4.98 Å². The Bertz CT molecular complexity index is 1510. The number of thiophene rings is 1. The number of sulfonamides is 1. The van der Waals surface area contributed by atoms with Gasteiger partial charge in [0.1, 0.15) is 5.82 Å². The highest BCUT2D eigenvalue weighted by Crippen LogP contribution is 2.42.